The summed E-state index contributed by atoms with van der Waals surface area (Å²) in [5.41, 5.74) is 0.945. The van der Waals surface area contributed by atoms with E-state index in [0.717, 1.165) is 12.1 Å². The zero-order valence-electron chi connectivity index (χ0n) is 14.2. The predicted octanol–water partition coefficient (Wildman–Crippen LogP) is 2.02. The summed E-state index contributed by atoms with van der Waals surface area (Å²) in [5, 5.41) is 11.8. The Morgan fingerprint density at radius 1 is 1.21 bits per heavy atom. The number of benzene rings is 1. The van der Waals surface area contributed by atoms with E-state index in [1.54, 1.807) is 12.1 Å². The van der Waals surface area contributed by atoms with E-state index < -0.39 is 5.54 Å². The van der Waals surface area contributed by atoms with Gasteiger partial charge in [-0.2, -0.15) is 5.26 Å². The number of likely N-dealkylation sites (tertiary alicyclic amines) is 1. The van der Waals surface area contributed by atoms with Crippen molar-refractivity contribution in [2.75, 3.05) is 13.1 Å². The Bertz CT molecular complexity index is 707. The standard InChI is InChI=1S/C18H22N4O2/c1-12(2)22-16(23)18(20-17(22)24)8-9-21(11-18)13(3)15-6-4-14(10-19)5-7-15/h4-7,12-13H,8-9,11H2,1-3H3,(H,20,24). The largest absolute Gasteiger partial charge is 0.325 e. The van der Waals surface area contributed by atoms with Gasteiger partial charge in [0.25, 0.3) is 5.91 Å². The molecule has 2 unspecified atom stereocenters. The molecule has 6 heteroatoms. The topological polar surface area (TPSA) is 76.4 Å². The zero-order valence-corrected chi connectivity index (χ0v) is 14.2. The molecule has 1 aromatic carbocycles. The fourth-order valence-electron chi connectivity index (χ4n) is 3.60. The number of hydrogen-bond acceptors (Lipinski definition) is 4. The number of hydrogen-bond donors (Lipinski definition) is 1. The zero-order chi connectivity index (χ0) is 17.5. The van der Waals surface area contributed by atoms with Gasteiger partial charge in [-0.15, -0.1) is 0 Å². The van der Waals surface area contributed by atoms with Crippen LogP contribution in [0.3, 0.4) is 0 Å². The maximum absolute atomic E-state index is 12.7. The Morgan fingerprint density at radius 2 is 1.88 bits per heavy atom. The van der Waals surface area contributed by atoms with Gasteiger partial charge in [-0.25, -0.2) is 4.79 Å². The first-order valence-corrected chi connectivity index (χ1v) is 8.28. The molecule has 2 aliphatic heterocycles. The number of rotatable bonds is 3. The summed E-state index contributed by atoms with van der Waals surface area (Å²) in [6.07, 6.45) is 0.626. The van der Waals surface area contributed by atoms with E-state index in [1.807, 2.05) is 26.0 Å². The van der Waals surface area contributed by atoms with Crippen molar-refractivity contribution in [3.8, 4) is 6.07 Å². The third-order valence-electron chi connectivity index (χ3n) is 5.08. The van der Waals surface area contributed by atoms with E-state index in [9.17, 15) is 9.59 Å². The molecule has 0 radical (unpaired) electrons. The van der Waals surface area contributed by atoms with Gasteiger partial charge in [0.2, 0.25) is 0 Å². The molecular weight excluding hydrogens is 304 g/mol. The number of nitrogens with zero attached hydrogens (tertiary/aromatic N) is 3. The highest BCUT2D eigenvalue weighted by molar-refractivity contribution is 6.07. The normalized spacial score (nSPS) is 25.4. The van der Waals surface area contributed by atoms with Gasteiger partial charge in [-0.3, -0.25) is 14.6 Å². The molecule has 2 aliphatic rings. The van der Waals surface area contributed by atoms with E-state index in [2.05, 4.69) is 23.2 Å². The Kier molecular flexibility index (Phi) is 4.06. The number of carbonyl (C=O) groups is 2. The van der Waals surface area contributed by atoms with Crippen LogP contribution in [0.25, 0.3) is 0 Å². The first kappa shape index (κ1) is 16.5. The van der Waals surface area contributed by atoms with Gasteiger partial charge < -0.3 is 5.32 Å². The van der Waals surface area contributed by atoms with Crippen molar-refractivity contribution in [3.05, 3.63) is 35.4 Å². The fourth-order valence-corrected chi connectivity index (χ4v) is 3.60. The third kappa shape index (κ3) is 2.55. The van der Waals surface area contributed by atoms with E-state index >= 15 is 0 Å². The molecule has 6 nitrogen and oxygen atoms in total. The lowest BCUT2D eigenvalue weighted by Crippen LogP contribution is -2.49. The van der Waals surface area contributed by atoms with Crippen LogP contribution >= 0.6 is 0 Å². The molecule has 126 valence electrons. The predicted molar refractivity (Wildman–Crippen MR) is 89.0 cm³/mol. The molecule has 0 saturated carbocycles. The van der Waals surface area contributed by atoms with Crippen LogP contribution in [0.2, 0.25) is 0 Å². The van der Waals surface area contributed by atoms with Crippen molar-refractivity contribution in [2.24, 2.45) is 0 Å². The summed E-state index contributed by atoms with van der Waals surface area (Å²) in [6, 6.07) is 9.32. The smallest absolute Gasteiger partial charge is 0.322 e. The minimum Gasteiger partial charge on any atom is -0.322 e. The quantitative estimate of drug-likeness (QED) is 0.862. The minimum absolute atomic E-state index is 0.114. The van der Waals surface area contributed by atoms with Crippen molar-refractivity contribution in [1.82, 2.24) is 15.1 Å². The van der Waals surface area contributed by atoms with Crippen LogP contribution < -0.4 is 5.32 Å². The average Bonchev–Trinajstić information content (AvgIpc) is 3.09. The summed E-state index contributed by atoms with van der Waals surface area (Å²) in [7, 11) is 0. The second-order valence-corrected chi connectivity index (χ2v) is 6.91. The maximum atomic E-state index is 12.7. The van der Waals surface area contributed by atoms with E-state index in [0.29, 0.717) is 18.5 Å². The summed E-state index contributed by atoms with van der Waals surface area (Å²) in [6.45, 7) is 7.05. The highest BCUT2D eigenvalue weighted by Gasteiger charge is 2.55. The van der Waals surface area contributed by atoms with Crippen molar-refractivity contribution < 1.29 is 9.59 Å². The first-order chi connectivity index (χ1) is 11.4. The highest BCUT2D eigenvalue weighted by atomic mass is 16.2. The van der Waals surface area contributed by atoms with Gasteiger partial charge in [-0.05, 0) is 44.9 Å². The van der Waals surface area contributed by atoms with Crippen molar-refractivity contribution in [2.45, 2.75) is 44.8 Å². The Morgan fingerprint density at radius 3 is 2.42 bits per heavy atom. The van der Waals surface area contributed by atoms with Crippen LogP contribution in [0, 0.1) is 11.3 Å². The van der Waals surface area contributed by atoms with Crippen LogP contribution in [0.4, 0.5) is 4.79 Å². The lowest BCUT2D eigenvalue weighted by Gasteiger charge is -2.27. The van der Waals surface area contributed by atoms with Crippen LogP contribution in [0.1, 0.15) is 44.4 Å². The van der Waals surface area contributed by atoms with Gasteiger partial charge in [0.15, 0.2) is 0 Å². The number of nitrogens with one attached hydrogen (secondary N) is 1. The SMILES string of the molecule is CC(c1ccc(C#N)cc1)N1CCC2(C1)NC(=O)N(C(C)C)C2=O. The van der Waals surface area contributed by atoms with Crippen molar-refractivity contribution in [1.29, 1.82) is 5.26 Å². The van der Waals surface area contributed by atoms with Gasteiger partial charge in [-0.1, -0.05) is 12.1 Å². The van der Waals surface area contributed by atoms with Gasteiger partial charge in [0.1, 0.15) is 5.54 Å². The monoisotopic (exact) mass is 326 g/mol. The molecule has 0 aromatic heterocycles. The molecule has 1 aromatic rings. The number of urea groups is 1. The minimum atomic E-state index is -0.789. The lowest BCUT2D eigenvalue weighted by molar-refractivity contribution is -0.132. The lowest BCUT2D eigenvalue weighted by atomic mass is 9.98. The Balaban J connectivity index is 1.76. The third-order valence-corrected chi connectivity index (χ3v) is 5.08. The Hall–Kier alpha value is -2.39. The molecule has 2 saturated heterocycles. The van der Waals surface area contributed by atoms with Crippen molar-refractivity contribution >= 4 is 11.9 Å². The van der Waals surface area contributed by atoms with Gasteiger partial charge in [0, 0.05) is 25.2 Å². The number of imide groups is 1. The van der Waals surface area contributed by atoms with Crippen molar-refractivity contribution in [3.63, 3.8) is 0 Å². The molecule has 0 aliphatic carbocycles. The molecule has 1 spiro atoms. The van der Waals surface area contributed by atoms with E-state index in [-0.39, 0.29) is 24.0 Å². The summed E-state index contributed by atoms with van der Waals surface area (Å²) >= 11 is 0. The molecule has 2 atom stereocenters. The molecular formula is C18H22N4O2. The molecule has 1 N–H and O–H groups in total. The summed E-state index contributed by atoms with van der Waals surface area (Å²) in [5.74, 6) is -0.114. The molecule has 2 heterocycles. The fraction of sp³-hybridized carbons (Fsp3) is 0.500. The second-order valence-electron chi connectivity index (χ2n) is 6.91. The van der Waals surface area contributed by atoms with Crippen LogP contribution in [-0.2, 0) is 4.79 Å². The second kappa shape index (κ2) is 5.91. The molecule has 3 amide bonds. The van der Waals surface area contributed by atoms with E-state index in [1.165, 1.54) is 4.90 Å². The first-order valence-electron chi connectivity index (χ1n) is 8.28. The van der Waals surface area contributed by atoms with Crippen LogP contribution in [-0.4, -0.2) is 46.4 Å². The number of nitriles is 1. The van der Waals surface area contributed by atoms with Crippen LogP contribution in [0.15, 0.2) is 24.3 Å². The maximum Gasteiger partial charge on any atom is 0.325 e. The van der Waals surface area contributed by atoms with E-state index in [4.69, 9.17) is 5.26 Å². The molecule has 24 heavy (non-hydrogen) atoms. The number of carbonyl (C=O) groups excluding carboxylic acids is 2. The average molecular weight is 326 g/mol. The van der Waals surface area contributed by atoms with Gasteiger partial charge >= 0.3 is 6.03 Å². The molecule has 0 bridgehead atoms. The van der Waals surface area contributed by atoms with Gasteiger partial charge in [0.05, 0.1) is 11.6 Å². The molecule has 3 rings (SSSR count). The highest BCUT2D eigenvalue weighted by Crippen LogP contribution is 2.34. The van der Waals surface area contributed by atoms with Crippen LogP contribution in [0.5, 0.6) is 0 Å². The summed E-state index contributed by atoms with van der Waals surface area (Å²) in [4.78, 5) is 28.4. The summed E-state index contributed by atoms with van der Waals surface area (Å²) < 4.78 is 0. The Labute approximate surface area is 142 Å². The number of amides is 3. The molecule has 2 fully saturated rings.